The van der Waals surface area contributed by atoms with Crippen molar-refractivity contribution in [3.8, 4) is 11.5 Å². The molecule has 0 radical (unpaired) electrons. The van der Waals surface area contributed by atoms with Gasteiger partial charge in [0.1, 0.15) is 0 Å². The molecule has 0 aromatic heterocycles. The van der Waals surface area contributed by atoms with Gasteiger partial charge in [0.15, 0.2) is 17.2 Å². The Morgan fingerprint density at radius 1 is 1.18 bits per heavy atom. The highest BCUT2D eigenvalue weighted by atomic mass is 35.5. The van der Waals surface area contributed by atoms with Gasteiger partial charge in [-0.15, -0.1) is 0 Å². The maximum atomic E-state index is 6.72. The van der Waals surface area contributed by atoms with Gasteiger partial charge >= 0.3 is 0 Å². The van der Waals surface area contributed by atoms with E-state index < -0.39 is 0 Å². The minimum absolute atomic E-state index is 0.0999. The minimum Gasteiger partial charge on any atom is -0.493 e. The first-order chi connectivity index (χ1) is 13.6. The fourth-order valence-electron chi connectivity index (χ4n) is 4.53. The van der Waals surface area contributed by atoms with Gasteiger partial charge in [0.25, 0.3) is 0 Å². The van der Waals surface area contributed by atoms with Crippen LogP contribution >= 0.6 is 11.6 Å². The molecule has 5 nitrogen and oxygen atoms in total. The van der Waals surface area contributed by atoms with Crippen LogP contribution in [0.2, 0.25) is 5.02 Å². The Morgan fingerprint density at radius 2 is 1.93 bits per heavy atom. The maximum Gasteiger partial charge on any atom is 0.191 e. The molecule has 6 heteroatoms. The predicted octanol–water partition coefficient (Wildman–Crippen LogP) is 2.65. The highest BCUT2D eigenvalue weighted by molar-refractivity contribution is 6.30. The number of benzene rings is 2. The SMILES string of the molecule is COc1cccc2c1OC1(CC[NH+](C)CC1)N1NC(c3ccc(Cl)cc3)=CC21. The van der Waals surface area contributed by atoms with Crippen LogP contribution < -0.4 is 19.8 Å². The van der Waals surface area contributed by atoms with Crippen LogP contribution in [0, 0.1) is 0 Å². The minimum atomic E-state index is -0.378. The predicted molar refractivity (Wildman–Crippen MR) is 109 cm³/mol. The second kappa shape index (κ2) is 6.69. The lowest BCUT2D eigenvalue weighted by Gasteiger charge is -2.50. The molecule has 0 amide bonds. The van der Waals surface area contributed by atoms with E-state index in [4.69, 9.17) is 21.1 Å². The summed E-state index contributed by atoms with van der Waals surface area (Å²) in [5.41, 5.74) is 6.62. The summed E-state index contributed by atoms with van der Waals surface area (Å²) in [6.07, 6.45) is 4.21. The average Bonchev–Trinajstić information content (AvgIpc) is 3.17. The maximum absolute atomic E-state index is 6.72. The van der Waals surface area contributed by atoms with Crippen LogP contribution in [-0.2, 0) is 0 Å². The van der Waals surface area contributed by atoms with E-state index in [0.717, 1.165) is 59.3 Å². The van der Waals surface area contributed by atoms with Gasteiger partial charge in [0, 0.05) is 10.6 Å². The lowest BCUT2D eigenvalue weighted by molar-refractivity contribution is -0.888. The Balaban J connectivity index is 1.60. The van der Waals surface area contributed by atoms with Gasteiger partial charge in [-0.05, 0) is 29.8 Å². The van der Waals surface area contributed by atoms with Crippen LogP contribution in [0.5, 0.6) is 11.5 Å². The number of fused-ring (bicyclic) bond motifs is 4. The zero-order valence-electron chi connectivity index (χ0n) is 16.2. The summed E-state index contributed by atoms with van der Waals surface area (Å²) in [5.74, 6) is 1.68. The molecule has 146 valence electrons. The number of hydrogen-bond acceptors (Lipinski definition) is 4. The Morgan fingerprint density at radius 3 is 2.64 bits per heavy atom. The summed E-state index contributed by atoms with van der Waals surface area (Å²) >= 11 is 6.08. The van der Waals surface area contributed by atoms with Crippen molar-refractivity contribution in [1.29, 1.82) is 0 Å². The number of piperidine rings is 1. The first kappa shape index (κ1) is 17.9. The van der Waals surface area contributed by atoms with Gasteiger partial charge < -0.3 is 19.8 Å². The van der Waals surface area contributed by atoms with Gasteiger partial charge in [-0.2, -0.15) is 5.01 Å². The van der Waals surface area contributed by atoms with E-state index >= 15 is 0 Å². The molecule has 2 N–H and O–H groups in total. The van der Waals surface area contributed by atoms with Crippen molar-refractivity contribution in [2.24, 2.45) is 0 Å². The second-order valence-corrected chi connectivity index (χ2v) is 8.33. The number of para-hydroxylation sites is 1. The molecule has 28 heavy (non-hydrogen) atoms. The molecule has 1 unspecified atom stereocenters. The summed E-state index contributed by atoms with van der Waals surface area (Å²) < 4.78 is 12.4. The topological polar surface area (TPSA) is 38.2 Å². The first-order valence-electron chi connectivity index (χ1n) is 9.81. The molecule has 3 aliphatic heterocycles. The molecule has 0 saturated carbocycles. The molecule has 2 aromatic carbocycles. The van der Waals surface area contributed by atoms with Gasteiger partial charge in [0.2, 0.25) is 0 Å². The number of nitrogens with zero attached hydrogens (tertiary/aromatic N) is 1. The van der Waals surface area contributed by atoms with Gasteiger partial charge in [-0.3, -0.25) is 0 Å². The Hall–Kier alpha value is -2.21. The van der Waals surface area contributed by atoms with E-state index in [9.17, 15) is 0 Å². The number of rotatable bonds is 2. The third-order valence-electron chi connectivity index (χ3n) is 6.16. The van der Waals surface area contributed by atoms with Crippen molar-refractivity contribution in [2.45, 2.75) is 24.6 Å². The molecular weight excluding hydrogens is 374 g/mol. The van der Waals surface area contributed by atoms with E-state index in [1.807, 2.05) is 24.3 Å². The summed E-state index contributed by atoms with van der Waals surface area (Å²) in [7, 11) is 3.95. The summed E-state index contributed by atoms with van der Waals surface area (Å²) in [5, 5.41) is 3.05. The van der Waals surface area contributed by atoms with E-state index in [1.54, 1.807) is 12.0 Å². The monoisotopic (exact) mass is 398 g/mol. The summed E-state index contributed by atoms with van der Waals surface area (Å²) in [4.78, 5) is 1.54. The molecule has 1 atom stereocenters. The fourth-order valence-corrected chi connectivity index (χ4v) is 4.65. The number of methoxy groups -OCH3 is 1. The molecular formula is C22H25ClN3O2+. The Kier molecular flexibility index (Phi) is 4.27. The largest absolute Gasteiger partial charge is 0.493 e. The van der Waals surface area contributed by atoms with E-state index in [0.29, 0.717) is 0 Å². The van der Waals surface area contributed by atoms with E-state index in [1.165, 1.54) is 0 Å². The van der Waals surface area contributed by atoms with Crippen LogP contribution in [-0.4, -0.2) is 38.0 Å². The number of quaternary nitrogens is 1. The Labute approximate surface area is 170 Å². The molecule has 1 fully saturated rings. The molecule has 0 bridgehead atoms. The number of ether oxygens (including phenoxy) is 2. The van der Waals surface area contributed by atoms with E-state index in [-0.39, 0.29) is 11.8 Å². The Bertz CT molecular complexity index is 920. The molecule has 1 spiro atoms. The van der Waals surface area contributed by atoms with Crippen molar-refractivity contribution < 1.29 is 14.4 Å². The summed E-state index contributed by atoms with van der Waals surface area (Å²) in [6, 6.07) is 14.2. The quantitative estimate of drug-likeness (QED) is 0.815. The van der Waals surface area contributed by atoms with Gasteiger partial charge in [-0.25, -0.2) is 0 Å². The van der Waals surface area contributed by atoms with Crippen LogP contribution in [0.15, 0.2) is 48.5 Å². The first-order valence-corrected chi connectivity index (χ1v) is 10.2. The molecule has 3 aliphatic rings. The number of halogens is 1. The van der Waals surface area contributed by atoms with Crippen LogP contribution in [0.1, 0.15) is 30.0 Å². The van der Waals surface area contributed by atoms with Crippen molar-refractivity contribution >= 4 is 17.3 Å². The molecule has 2 aromatic rings. The standard InChI is InChI=1S/C22H24ClN3O2/c1-25-12-10-22(11-13-25)26-19(17-4-3-5-20(27-2)21(17)28-22)14-18(24-26)15-6-8-16(23)9-7-15/h3-9,14,19,24H,10-13H2,1-2H3/p+1. The van der Waals surface area contributed by atoms with Crippen molar-refractivity contribution in [1.82, 2.24) is 10.4 Å². The summed E-state index contributed by atoms with van der Waals surface area (Å²) in [6.45, 7) is 2.15. The fraction of sp³-hybridized carbons (Fsp3) is 0.364. The zero-order valence-corrected chi connectivity index (χ0v) is 16.9. The highest BCUT2D eigenvalue weighted by Crippen LogP contribution is 2.50. The van der Waals surface area contributed by atoms with Gasteiger partial charge in [0.05, 0.1) is 51.8 Å². The van der Waals surface area contributed by atoms with Crippen molar-refractivity contribution in [2.75, 3.05) is 27.2 Å². The van der Waals surface area contributed by atoms with E-state index in [2.05, 4.69) is 41.8 Å². The van der Waals surface area contributed by atoms with Crippen LogP contribution in [0.25, 0.3) is 5.70 Å². The third kappa shape index (κ3) is 2.77. The number of nitrogens with one attached hydrogen (secondary N) is 2. The number of hydrazine groups is 1. The number of likely N-dealkylation sites (tertiary alicyclic amines) is 1. The average molecular weight is 399 g/mol. The molecule has 1 saturated heterocycles. The van der Waals surface area contributed by atoms with Crippen molar-refractivity contribution in [3.05, 3.63) is 64.7 Å². The molecule has 5 rings (SSSR count). The smallest absolute Gasteiger partial charge is 0.191 e. The van der Waals surface area contributed by atoms with Crippen LogP contribution in [0.3, 0.4) is 0 Å². The normalized spacial score (nSPS) is 28.8. The van der Waals surface area contributed by atoms with Crippen LogP contribution in [0.4, 0.5) is 0 Å². The third-order valence-corrected chi connectivity index (χ3v) is 6.41. The molecule has 0 aliphatic carbocycles. The van der Waals surface area contributed by atoms with Crippen molar-refractivity contribution in [3.63, 3.8) is 0 Å². The second-order valence-electron chi connectivity index (χ2n) is 7.90. The molecule has 3 heterocycles. The number of hydrogen-bond donors (Lipinski definition) is 2. The highest BCUT2D eigenvalue weighted by Gasteiger charge is 2.53. The lowest BCUT2D eigenvalue weighted by atomic mass is 9.92. The van der Waals surface area contributed by atoms with Gasteiger partial charge in [-0.1, -0.05) is 35.9 Å². The zero-order chi connectivity index (χ0) is 19.3. The lowest BCUT2D eigenvalue weighted by Crippen LogP contribution is -3.11.